The molecule has 0 unspecified atom stereocenters. The Balaban J connectivity index is 2.73. The number of hydrogen-bond acceptors (Lipinski definition) is 3. The van der Waals surface area contributed by atoms with E-state index in [9.17, 15) is 13.2 Å². The van der Waals surface area contributed by atoms with Gasteiger partial charge in [-0.05, 0) is 31.5 Å². The number of carbonyl (C=O) groups is 1. The number of unbranched alkanes of at least 4 members (excludes halogenated alkanes) is 3. The van der Waals surface area contributed by atoms with Gasteiger partial charge < -0.3 is 5.32 Å². The van der Waals surface area contributed by atoms with E-state index in [-0.39, 0.29) is 21.5 Å². The molecule has 0 heterocycles. The number of primary sulfonamides is 1. The van der Waals surface area contributed by atoms with Crippen LogP contribution < -0.4 is 10.5 Å². The van der Waals surface area contributed by atoms with Gasteiger partial charge in [0.25, 0.3) is 5.91 Å². The Labute approximate surface area is 137 Å². The number of halogens is 1. The SMILES string of the molecule is CCCCCC[C@H](C)NC(=O)c1cc(S(N)(=O)=O)ccc1Cl. The Bertz CT molecular complexity index is 617. The standard InChI is InChI=1S/C15H23ClN2O3S/c1-3-4-5-6-7-11(2)18-15(19)13-10-12(22(17,20)21)8-9-14(13)16/h8-11H,3-7H2,1-2H3,(H,18,19)(H2,17,20,21)/t11-/m0/s1. The van der Waals surface area contributed by atoms with E-state index in [0.29, 0.717) is 0 Å². The zero-order valence-electron chi connectivity index (χ0n) is 12.9. The van der Waals surface area contributed by atoms with Crippen LogP contribution >= 0.6 is 11.6 Å². The monoisotopic (exact) mass is 346 g/mol. The highest BCUT2D eigenvalue weighted by molar-refractivity contribution is 7.89. The highest BCUT2D eigenvalue weighted by atomic mass is 35.5. The molecule has 3 N–H and O–H groups in total. The Morgan fingerprint density at radius 3 is 2.59 bits per heavy atom. The second-order valence-electron chi connectivity index (χ2n) is 5.41. The number of nitrogens with one attached hydrogen (secondary N) is 1. The molecule has 1 rings (SSSR count). The summed E-state index contributed by atoms with van der Waals surface area (Å²) in [5.74, 6) is -0.390. The molecule has 0 aliphatic heterocycles. The van der Waals surface area contributed by atoms with Crippen molar-refractivity contribution < 1.29 is 13.2 Å². The lowest BCUT2D eigenvalue weighted by atomic mass is 10.1. The maximum Gasteiger partial charge on any atom is 0.253 e. The smallest absolute Gasteiger partial charge is 0.253 e. The number of hydrogen-bond donors (Lipinski definition) is 2. The lowest BCUT2D eigenvalue weighted by Crippen LogP contribution is -2.32. The van der Waals surface area contributed by atoms with Crippen LogP contribution in [0, 0.1) is 0 Å². The molecule has 0 saturated carbocycles. The number of benzene rings is 1. The Morgan fingerprint density at radius 2 is 2.00 bits per heavy atom. The minimum atomic E-state index is -3.86. The summed E-state index contributed by atoms with van der Waals surface area (Å²) in [7, 11) is -3.86. The lowest BCUT2D eigenvalue weighted by molar-refractivity contribution is 0.0938. The third-order valence-electron chi connectivity index (χ3n) is 3.38. The van der Waals surface area contributed by atoms with Gasteiger partial charge >= 0.3 is 0 Å². The molecule has 1 atom stereocenters. The maximum absolute atomic E-state index is 12.2. The molecule has 0 aromatic heterocycles. The molecule has 0 aliphatic rings. The van der Waals surface area contributed by atoms with Crippen LogP contribution in [0.4, 0.5) is 0 Å². The van der Waals surface area contributed by atoms with Crippen molar-refractivity contribution in [2.24, 2.45) is 5.14 Å². The predicted octanol–water partition coefficient (Wildman–Crippen LogP) is 3.08. The Kier molecular flexibility index (Phi) is 7.32. The second kappa shape index (κ2) is 8.50. The van der Waals surface area contributed by atoms with Crippen LogP contribution in [0.1, 0.15) is 56.3 Å². The fourth-order valence-electron chi connectivity index (χ4n) is 2.11. The van der Waals surface area contributed by atoms with Gasteiger partial charge in [-0.25, -0.2) is 13.6 Å². The van der Waals surface area contributed by atoms with Gasteiger partial charge in [-0.1, -0.05) is 44.2 Å². The van der Waals surface area contributed by atoms with E-state index in [1.807, 2.05) is 6.92 Å². The summed E-state index contributed by atoms with van der Waals surface area (Å²) in [6.45, 7) is 4.06. The summed E-state index contributed by atoms with van der Waals surface area (Å²) in [6.07, 6.45) is 5.40. The molecule has 0 radical (unpaired) electrons. The molecule has 7 heteroatoms. The summed E-state index contributed by atoms with van der Waals surface area (Å²) in [6, 6.07) is 3.85. The molecule has 22 heavy (non-hydrogen) atoms. The zero-order chi connectivity index (χ0) is 16.8. The average molecular weight is 347 g/mol. The number of carbonyl (C=O) groups excluding carboxylic acids is 1. The summed E-state index contributed by atoms with van der Waals surface area (Å²) >= 11 is 5.97. The van der Waals surface area contributed by atoms with Gasteiger partial charge in [-0.2, -0.15) is 0 Å². The normalized spacial score (nSPS) is 12.9. The van der Waals surface area contributed by atoms with Crippen LogP contribution in [0.2, 0.25) is 5.02 Å². The van der Waals surface area contributed by atoms with Crippen LogP contribution in [0.3, 0.4) is 0 Å². The van der Waals surface area contributed by atoms with Gasteiger partial charge in [-0.3, -0.25) is 4.79 Å². The van der Waals surface area contributed by atoms with Crippen LogP contribution in [0.25, 0.3) is 0 Å². The quantitative estimate of drug-likeness (QED) is 0.709. The van der Waals surface area contributed by atoms with Gasteiger partial charge in [-0.15, -0.1) is 0 Å². The van der Waals surface area contributed by atoms with Crippen molar-refractivity contribution in [3.63, 3.8) is 0 Å². The van der Waals surface area contributed by atoms with Gasteiger partial charge in [0, 0.05) is 6.04 Å². The molecule has 5 nitrogen and oxygen atoms in total. The molecule has 1 aromatic carbocycles. The molecule has 1 amide bonds. The fourth-order valence-corrected chi connectivity index (χ4v) is 2.85. The van der Waals surface area contributed by atoms with E-state index in [1.54, 1.807) is 0 Å². The van der Waals surface area contributed by atoms with Crippen molar-refractivity contribution in [2.45, 2.75) is 56.9 Å². The molecule has 0 fully saturated rings. The zero-order valence-corrected chi connectivity index (χ0v) is 14.5. The molecule has 1 aromatic rings. The molecular formula is C15H23ClN2O3S. The predicted molar refractivity (Wildman–Crippen MR) is 88.5 cm³/mol. The first kappa shape index (κ1) is 18.9. The molecule has 0 spiro atoms. The van der Waals surface area contributed by atoms with Gasteiger partial charge in [0.2, 0.25) is 10.0 Å². The summed E-state index contributed by atoms with van der Waals surface area (Å²) < 4.78 is 22.7. The van der Waals surface area contributed by atoms with E-state index < -0.39 is 15.9 Å². The average Bonchev–Trinajstić information content (AvgIpc) is 2.42. The van der Waals surface area contributed by atoms with E-state index in [1.165, 1.54) is 24.6 Å². The van der Waals surface area contributed by atoms with Crippen molar-refractivity contribution in [1.29, 1.82) is 0 Å². The topological polar surface area (TPSA) is 89.3 Å². The molecule has 0 saturated heterocycles. The van der Waals surface area contributed by atoms with Crippen LogP contribution in [-0.4, -0.2) is 20.4 Å². The fraction of sp³-hybridized carbons (Fsp3) is 0.533. The van der Waals surface area contributed by atoms with Crippen LogP contribution in [0.15, 0.2) is 23.1 Å². The van der Waals surface area contributed by atoms with Crippen molar-refractivity contribution in [3.8, 4) is 0 Å². The van der Waals surface area contributed by atoms with Crippen LogP contribution in [-0.2, 0) is 10.0 Å². The molecular weight excluding hydrogens is 324 g/mol. The number of amides is 1. The lowest BCUT2D eigenvalue weighted by Gasteiger charge is -2.14. The van der Waals surface area contributed by atoms with Gasteiger partial charge in [0.05, 0.1) is 15.5 Å². The molecule has 0 aliphatic carbocycles. The first-order valence-corrected chi connectivity index (χ1v) is 9.31. The van der Waals surface area contributed by atoms with E-state index in [2.05, 4.69) is 12.2 Å². The van der Waals surface area contributed by atoms with Crippen LogP contribution in [0.5, 0.6) is 0 Å². The Hall–Kier alpha value is -1.11. The van der Waals surface area contributed by atoms with Crippen molar-refractivity contribution in [2.75, 3.05) is 0 Å². The van der Waals surface area contributed by atoms with Gasteiger partial charge in [0.15, 0.2) is 0 Å². The Morgan fingerprint density at radius 1 is 1.32 bits per heavy atom. The summed E-state index contributed by atoms with van der Waals surface area (Å²) in [4.78, 5) is 12.1. The first-order chi connectivity index (χ1) is 10.3. The summed E-state index contributed by atoms with van der Waals surface area (Å²) in [5.41, 5.74) is 0.119. The van der Waals surface area contributed by atoms with Crippen molar-refractivity contribution in [3.05, 3.63) is 28.8 Å². The third-order valence-corrected chi connectivity index (χ3v) is 4.62. The summed E-state index contributed by atoms with van der Waals surface area (Å²) in [5, 5.41) is 8.10. The molecule has 0 bridgehead atoms. The minimum absolute atomic E-state index is 0.00133. The van der Waals surface area contributed by atoms with Crippen molar-refractivity contribution >= 4 is 27.5 Å². The van der Waals surface area contributed by atoms with E-state index in [4.69, 9.17) is 16.7 Å². The second-order valence-corrected chi connectivity index (χ2v) is 7.38. The first-order valence-electron chi connectivity index (χ1n) is 7.39. The number of rotatable bonds is 8. The highest BCUT2D eigenvalue weighted by Gasteiger charge is 2.17. The van der Waals surface area contributed by atoms with Gasteiger partial charge in [0.1, 0.15) is 0 Å². The highest BCUT2D eigenvalue weighted by Crippen LogP contribution is 2.20. The van der Waals surface area contributed by atoms with Crippen molar-refractivity contribution in [1.82, 2.24) is 5.32 Å². The largest absolute Gasteiger partial charge is 0.350 e. The maximum atomic E-state index is 12.2. The van der Waals surface area contributed by atoms with E-state index >= 15 is 0 Å². The van der Waals surface area contributed by atoms with E-state index in [0.717, 1.165) is 25.7 Å². The molecule has 124 valence electrons. The third kappa shape index (κ3) is 5.94. The number of nitrogens with two attached hydrogens (primary N) is 1. The minimum Gasteiger partial charge on any atom is -0.350 e. The number of sulfonamides is 1.